The molecule has 7 nitrogen and oxygen atoms in total. The van der Waals surface area contributed by atoms with Gasteiger partial charge >= 0.3 is 5.51 Å². The number of nitrogens with one attached hydrogen (secondary N) is 1. The van der Waals surface area contributed by atoms with Crippen LogP contribution in [0.25, 0.3) is 0 Å². The van der Waals surface area contributed by atoms with Gasteiger partial charge in [-0.2, -0.15) is 13.2 Å². The summed E-state index contributed by atoms with van der Waals surface area (Å²) in [6, 6.07) is 2.11. The van der Waals surface area contributed by atoms with Crippen LogP contribution in [0.2, 0.25) is 0 Å². The zero-order chi connectivity index (χ0) is 19.1. The molecular formula is C15H17F3N2O5S. The highest BCUT2D eigenvalue weighted by molar-refractivity contribution is 7.92. The van der Waals surface area contributed by atoms with Crippen LogP contribution in [0.1, 0.15) is 25.7 Å². The minimum atomic E-state index is -5.65. The summed E-state index contributed by atoms with van der Waals surface area (Å²) in [5.41, 5.74) is -6.21. The van der Waals surface area contributed by atoms with E-state index in [2.05, 4.69) is 5.32 Å². The van der Waals surface area contributed by atoms with Gasteiger partial charge in [0.05, 0.1) is 15.9 Å². The lowest BCUT2D eigenvalue weighted by Gasteiger charge is -2.33. The van der Waals surface area contributed by atoms with Crippen molar-refractivity contribution in [3.05, 3.63) is 28.3 Å². The summed E-state index contributed by atoms with van der Waals surface area (Å²) in [6.07, 6.45) is 3.41. The van der Waals surface area contributed by atoms with Crippen LogP contribution in [0.5, 0.6) is 0 Å². The van der Waals surface area contributed by atoms with Crippen molar-refractivity contribution in [2.24, 2.45) is 5.92 Å². The van der Waals surface area contributed by atoms with E-state index in [0.29, 0.717) is 12.7 Å². The summed E-state index contributed by atoms with van der Waals surface area (Å²) in [7, 11) is -5.65. The molecule has 1 aromatic carbocycles. The van der Waals surface area contributed by atoms with Crippen LogP contribution in [-0.4, -0.2) is 37.6 Å². The minimum Gasteiger partial charge on any atom is -0.378 e. The molecule has 2 fully saturated rings. The van der Waals surface area contributed by atoms with Gasteiger partial charge in [0.1, 0.15) is 5.69 Å². The number of hydrogen-bond donors (Lipinski definition) is 1. The maximum Gasteiger partial charge on any atom is 0.501 e. The average Bonchev–Trinajstić information content (AvgIpc) is 3.03. The Morgan fingerprint density at radius 3 is 2.62 bits per heavy atom. The van der Waals surface area contributed by atoms with Crippen molar-refractivity contribution < 1.29 is 31.2 Å². The van der Waals surface area contributed by atoms with E-state index in [-0.39, 0.29) is 23.8 Å². The summed E-state index contributed by atoms with van der Waals surface area (Å²) in [5, 5.41) is 14.3. The monoisotopic (exact) mass is 394 g/mol. The van der Waals surface area contributed by atoms with Crippen molar-refractivity contribution in [1.82, 2.24) is 0 Å². The zero-order valence-corrected chi connectivity index (χ0v) is 14.3. The largest absolute Gasteiger partial charge is 0.501 e. The fourth-order valence-corrected chi connectivity index (χ4v) is 4.42. The lowest BCUT2D eigenvalue weighted by atomic mass is 9.81. The molecule has 3 atom stereocenters. The van der Waals surface area contributed by atoms with Crippen molar-refractivity contribution in [3.63, 3.8) is 0 Å². The number of halogens is 3. The van der Waals surface area contributed by atoms with E-state index in [1.165, 1.54) is 0 Å². The second kappa shape index (κ2) is 6.69. The number of nitrogens with zero attached hydrogens (tertiary/aromatic N) is 1. The Hall–Kier alpha value is -1.88. The second-order valence-electron chi connectivity index (χ2n) is 6.43. The van der Waals surface area contributed by atoms with Crippen molar-refractivity contribution >= 4 is 21.2 Å². The van der Waals surface area contributed by atoms with Crippen LogP contribution in [0.4, 0.5) is 24.5 Å². The molecule has 11 heteroatoms. The lowest BCUT2D eigenvalue weighted by molar-refractivity contribution is -0.384. The molecule has 0 aromatic heterocycles. The molecule has 0 bridgehead atoms. The highest BCUT2D eigenvalue weighted by Gasteiger charge is 2.47. The van der Waals surface area contributed by atoms with E-state index in [9.17, 15) is 31.7 Å². The summed E-state index contributed by atoms with van der Waals surface area (Å²) in [6.45, 7) is 0.609. The number of fused-ring (bicyclic) bond motifs is 1. The van der Waals surface area contributed by atoms with E-state index >= 15 is 0 Å². The van der Waals surface area contributed by atoms with E-state index in [4.69, 9.17) is 4.74 Å². The normalized spacial score (nSPS) is 26.3. The van der Waals surface area contributed by atoms with E-state index in [1.54, 1.807) is 0 Å². The molecule has 1 N–H and O–H groups in total. The number of hydrogen-bond acceptors (Lipinski definition) is 6. The molecule has 26 heavy (non-hydrogen) atoms. The third kappa shape index (κ3) is 3.37. The van der Waals surface area contributed by atoms with Gasteiger partial charge in [0.15, 0.2) is 0 Å². The highest BCUT2D eigenvalue weighted by Crippen LogP contribution is 2.39. The van der Waals surface area contributed by atoms with Gasteiger partial charge < -0.3 is 10.1 Å². The third-order valence-electron chi connectivity index (χ3n) is 4.90. The van der Waals surface area contributed by atoms with Gasteiger partial charge in [-0.15, -0.1) is 0 Å². The molecule has 0 radical (unpaired) electrons. The molecule has 1 aromatic rings. The van der Waals surface area contributed by atoms with Crippen LogP contribution in [0.15, 0.2) is 23.1 Å². The summed E-state index contributed by atoms with van der Waals surface area (Å²) in [4.78, 5) is 9.25. The number of nitro groups is 1. The van der Waals surface area contributed by atoms with Crippen LogP contribution in [-0.2, 0) is 14.6 Å². The summed E-state index contributed by atoms with van der Waals surface area (Å²) >= 11 is 0. The molecule has 144 valence electrons. The SMILES string of the molecule is O=[N+]([O-])c1cc(S(=O)(=O)C(F)(F)F)ccc1NC1CCCC2OCCC12. The number of nitro benzene ring substituents is 1. The number of benzene rings is 1. The predicted molar refractivity (Wildman–Crippen MR) is 85.4 cm³/mol. The number of sulfone groups is 1. The first-order valence-corrected chi connectivity index (χ1v) is 9.57. The van der Waals surface area contributed by atoms with Crippen LogP contribution in [0.3, 0.4) is 0 Å². The van der Waals surface area contributed by atoms with Gasteiger partial charge in [-0.3, -0.25) is 10.1 Å². The molecule has 3 rings (SSSR count). The Bertz CT molecular complexity index is 812. The topological polar surface area (TPSA) is 98.5 Å². The zero-order valence-electron chi connectivity index (χ0n) is 13.5. The van der Waals surface area contributed by atoms with E-state index in [0.717, 1.165) is 37.8 Å². The Morgan fingerprint density at radius 2 is 1.96 bits per heavy atom. The first-order valence-electron chi connectivity index (χ1n) is 8.09. The van der Waals surface area contributed by atoms with Crippen LogP contribution >= 0.6 is 0 Å². The highest BCUT2D eigenvalue weighted by atomic mass is 32.2. The Morgan fingerprint density at radius 1 is 1.23 bits per heavy atom. The fraction of sp³-hybridized carbons (Fsp3) is 0.600. The van der Waals surface area contributed by atoms with Gasteiger partial charge in [0.2, 0.25) is 0 Å². The van der Waals surface area contributed by atoms with Gasteiger partial charge in [-0.05, 0) is 37.8 Å². The van der Waals surface area contributed by atoms with Crippen molar-refractivity contribution in [2.45, 2.75) is 48.2 Å². The van der Waals surface area contributed by atoms with Gasteiger partial charge in [0.25, 0.3) is 15.5 Å². The number of rotatable bonds is 4. The van der Waals surface area contributed by atoms with E-state index < -0.39 is 30.9 Å². The molecule has 0 amide bonds. The van der Waals surface area contributed by atoms with Gasteiger partial charge in [-0.25, -0.2) is 8.42 Å². The fourth-order valence-electron chi connectivity index (χ4n) is 3.64. The summed E-state index contributed by atoms with van der Waals surface area (Å²) < 4.78 is 66.7. The lowest BCUT2D eigenvalue weighted by Crippen LogP contribution is -2.38. The van der Waals surface area contributed by atoms with E-state index in [1.807, 2.05) is 0 Å². The maximum absolute atomic E-state index is 12.7. The standard InChI is InChI=1S/C15H17F3N2O5S/c16-15(17,18)26(23,24)9-4-5-12(13(8-9)20(21)22)19-11-2-1-3-14-10(11)6-7-25-14/h4-5,8,10-11,14,19H,1-3,6-7H2. The van der Waals surface area contributed by atoms with Gasteiger partial charge in [-0.1, -0.05) is 0 Å². The van der Waals surface area contributed by atoms with Crippen molar-refractivity contribution in [3.8, 4) is 0 Å². The molecule has 2 aliphatic rings. The third-order valence-corrected chi connectivity index (χ3v) is 6.39. The minimum absolute atomic E-state index is 0.00803. The van der Waals surface area contributed by atoms with Crippen LogP contribution in [0, 0.1) is 16.0 Å². The number of ether oxygens (including phenoxy) is 1. The molecule has 1 aliphatic heterocycles. The van der Waals surface area contributed by atoms with Crippen LogP contribution < -0.4 is 5.32 Å². The Labute approximate surface area is 147 Å². The average molecular weight is 394 g/mol. The van der Waals surface area contributed by atoms with Gasteiger partial charge in [0, 0.05) is 24.6 Å². The second-order valence-corrected chi connectivity index (χ2v) is 8.37. The smallest absolute Gasteiger partial charge is 0.378 e. The molecule has 1 aliphatic carbocycles. The summed E-state index contributed by atoms with van der Waals surface area (Å²) in [5.74, 6) is 0.168. The first kappa shape index (κ1) is 18.9. The molecule has 3 unspecified atom stereocenters. The molecule has 1 saturated carbocycles. The number of anilines is 1. The molecule has 0 spiro atoms. The molecule has 1 heterocycles. The Kier molecular flexibility index (Phi) is 4.86. The number of alkyl halides is 3. The Balaban J connectivity index is 1.92. The maximum atomic E-state index is 12.7. The quantitative estimate of drug-likeness (QED) is 0.622. The van der Waals surface area contributed by atoms with Crippen molar-refractivity contribution in [2.75, 3.05) is 11.9 Å². The molecular weight excluding hydrogens is 377 g/mol. The predicted octanol–water partition coefficient (Wildman–Crippen LogP) is 3.26. The molecule has 1 saturated heterocycles. The first-order chi connectivity index (χ1) is 12.1. The van der Waals surface area contributed by atoms with Crippen molar-refractivity contribution in [1.29, 1.82) is 0 Å².